The van der Waals surface area contributed by atoms with E-state index < -0.39 is 10.3 Å². The van der Waals surface area contributed by atoms with Gasteiger partial charge in [-0.3, -0.25) is 4.79 Å². The Kier molecular flexibility index (Phi) is 3.64. The van der Waals surface area contributed by atoms with Crippen molar-refractivity contribution >= 4 is 35.0 Å². The second kappa shape index (κ2) is 4.90. The van der Waals surface area contributed by atoms with Crippen molar-refractivity contribution in [3.05, 3.63) is 35.4 Å². The highest BCUT2D eigenvalue weighted by molar-refractivity contribution is 6.60. The predicted molar refractivity (Wildman–Crippen MR) is 69.3 cm³/mol. The molecular weight excluding hydrogens is 275 g/mol. The van der Waals surface area contributed by atoms with Crippen molar-refractivity contribution in [3.63, 3.8) is 0 Å². The molecule has 2 rings (SSSR count). The standard InChI is InChI=1S/C13H12Cl2O3/c14-13(15)9(7-11(13)16)6-5-8-3-1-2-4-10(8)12(17)18/h1-4,9H,5-7H2,(H,17,18). The maximum atomic E-state index is 11.2. The van der Waals surface area contributed by atoms with Gasteiger partial charge in [0.1, 0.15) is 0 Å². The first-order valence-corrected chi connectivity index (χ1v) is 6.41. The summed E-state index contributed by atoms with van der Waals surface area (Å²) in [4.78, 5) is 22.2. The van der Waals surface area contributed by atoms with E-state index >= 15 is 0 Å². The molecule has 96 valence electrons. The van der Waals surface area contributed by atoms with E-state index in [0.29, 0.717) is 19.3 Å². The maximum absolute atomic E-state index is 11.2. The topological polar surface area (TPSA) is 54.4 Å². The third kappa shape index (κ3) is 2.38. The SMILES string of the molecule is O=C(O)c1ccccc1CCC1CC(=O)C1(Cl)Cl. The molecule has 0 aliphatic heterocycles. The van der Waals surface area contributed by atoms with Gasteiger partial charge in [-0.2, -0.15) is 0 Å². The monoisotopic (exact) mass is 286 g/mol. The summed E-state index contributed by atoms with van der Waals surface area (Å²) < 4.78 is -1.28. The summed E-state index contributed by atoms with van der Waals surface area (Å²) in [5, 5.41) is 9.04. The molecule has 3 nitrogen and oxygen atoms in total. The summed E-state index contributed by atoms with van der Waals surface area (Å²) in [5.74, 6) is -1.18. The quantitative estimate of drug-likeness (QED) is 0.866. The van der Waals surface area contributed by atoms with Crippen LogP contribution in [-0.4, -0.2) is 21.2 Å². The number of aryl methyl sites for hydroxylation is 1. The molecule has 1 aliphatic rings. The Morgan fingerprint density at radius 1 is 1.39 bits per heavy atom. The first kappa shape index (κ1) is 13.4. The van der Waals surface area contributed by atoms with E-state index in [2.05, 4.69) is 0 Å². The fourth-order valence-electron chi connectivity index (χ4n) is 2.14. The number of carbonyl (C=O) groups excluding carboxylic acids is 1. The van der Waals surface area contributed by atoms with Crippen LogP contribution in [0.1, 0.15) is 28.8 Å². The molecule has 0 radical (unpaired) electrons. The Morgan fingerprint density at radius 2 is 2.06 bits per heavy atom. The van der Waals surface area contributed by atoms with E-state index in [1.54, 1.807) is 24.3 Å². The molecule has 1 N–H and O–H groups in total. The van der Waals surface area contributed by atoms with Crippen molar-refractivity contribution in [1.82, 2.24) is 0 Å². The molecule has 0 saturated heterocycles. The molecule has 0 spiro atoms. The van der Waals surface area contributed by atoms with Crippen LogP contribution in [0.5, 0.6) is 0 Å². The number of hydrogen-bond donors (Lipinski definition) is 1. The van der Waals surface area contributed by atoms with E-state index in [1.807, 2.05) is 0 Å². The second-order valence-corrected chi connectivity index (χ2v) is 5.83. The summed E-state index contributed by atoms with van der Waals surface area (Å²) in [7, 11) is 0. The van der Waals surface area contributed by atoms with Gasteiger partial charge in [0.05, 0.1) is 5.56 Å². The Balaban J connectivity index is 2.04. The summed E-state index contributed by atoms with van der Waals surface area (Å²) in [6.45, 7) is 0. The minimum atomic E-state index is -1.28. The van der Waals surface area contributed by atoms with Crippen LogP contribution in [0, 0.1) is 5.92 Å². The zero-order valence-electron chi connectivity index (χ0n) is 9.53. The Morgan fingerprint density at radius 3 is 2.61 bits per heavy atom. The number of carboxylic acids is 1. The molecule has 1 aromatic rings. The predicted octanol–water partition coefficient (Wildman–Crippen LogP) is 3.08. The molecule has 1 fully saturated rings. The van der Waals surface area contributed by atoms with Gasteiger partial charge in [0, 0.05) is 12.3 Å². The largest absolute Gasteiger partial charge is 0.478 e. The number of rotatable bonds is 4. The third-order valence-corrected chi connectivity index (χ3v) is 4.36. The van der Waals surface area contributed by atoms with Crippen molar-refractivity contribution < 1.29 is 14.7 Å². The van der Waals surface area contributed by atoms with Crippen molar-refractivity contribution in [3.8, 4) is 0 Å². The number of benzene rings is 1. The average molecular weight is 287 g/mol. The molecule has 0 bridgehead atoms. The Labute approximate surface area is 115 Å². The van der Waals surface area contributed by atoms with Gasteiger partial charge >= 0.3 is 5.97 Å². The molecular formula is C13H12Cl2O3. The van der Waals surface area contributed by atoms with E-state index in [9.17, 15) is 9.59 Å². The van der Waals surface area contributed by atoms with Crippen molar-refractivity contribution in [2.75, 3.05) is 0 Å². The first-order chi connectivity index (χ1) is 8.43. The average Bonchev–Trinajstić information content (AvgIpc) is 2.34. The van der Waals surface area contributed by atoms with Crippen LogP contribution < -0.4 is 0 Å². The number of hydrogen-bond acceptors (Lipinski definition) is 2. The summed E-state index contributed by atoms with van der Waals surface area (Å²) in [5.41, 5.74) is 1.03. The van der Waals surface area contributed by atoms with Gasteiger partial charge in [-0.1, -0.05) is 41.4 Å². The molecule has 1 aliphatic carbocycles. The van der Waals surface area contributed by atoms with Crippen LogP contribution in [0.15, 0.2) is 24.3 Å². The van der Waals surface area contributed by atoms with E-state index in [-0.39, 0.29) is 17.3 Å². The molecule has 0 amide bonds. The van der Waals surface area contributed by atoms with Gasteiger partial charge in [0.15, 0.2) is 10.1 Å². The minimum Gasteiger partial charge on any atom is -0.478 e. The summed E-state index contributed by atoms with van der Waals surface area (Å²) in [6.07, 6.45) is 1.55. The highest BCUT2D eigenvalue weighted by Gasteiger charge is 2.51. The fraction of sp³-hybridized carbons (Fsp3) is 0.385. The van der Waals surface area contributed by atoms with Crippen LogP contribution in [-0.2, 0) is 11.2 Å². The van der Waals surface area contributed by atoms with Crippen molar-refractivity contribution in [2.24, 2.45) is 5.92 Å². The number of carboxylic acid groups (broad SMARTS) is 1. The molecule has 1 atom stereocenters. The van der Waals surface area contributed by atoms with Gasteiger partial charge in [-0.25, -0.2) is 4.79 Å². The molecule has 0 heterocycles. The normalized spacial score (nSPS) is 21.4. The van der Waals surface area contributed by atoms with Crippen molar-refractivity contribution in [2.45, 2.75) is 23.6 Å². The highest BCUT2D eigenvalue weighted by Crippen LogP contribution is 2.46. The first-order valence-electron chi connectivity index (χ1n) is 5.65. The van der Waals surface area contributed by atoms with Gasteiger partial charge in [0.2, 0.25) is 0 Å². The molecule has 0 aromatic heterocycles. The Hall–Kier alpha value is -1.06. The van der Waals surface area contributed by atoms with Crippen molar-refractivity contribution in [1.29, 1.82) is 0 Å². The lowest BCUT2D eigenvalue weighted by atomic mass is 9.78. The van der Waals surface area contributed by atoms with Gasteiger partial charge in [-0.15, -0.1) is 0 Å². The number of ketones is 1. The Bertz CT molecular complexity index is 497. The zero-order valence-corrected chi connectivity index (χ0v) is 11.0. The van der Waals surface area contributed by atoms with Gasteiger partial charge in [-0.05, 0) is 24.5 Å². The lowest BCUT2D eigenvalue weighted by Gasteiger charge is -2.37. The third-order valence-electron chi connectivity index (χ3n) is 3.33. The van der Waals surface area contributed by atoms with Crippen LogP contribution in [0.3, 0.4) is 0 Å². The number of carbonyl (C=O) groups is 2. The van der Waals surface area contributed by atoms with Gasteiger partial charge in [0.25, 0.3) is 0 Å². The fourth-order valence-corrected chi connectivity index (χ4v) is 2.67. The van der Waals surface area contributed by atoms with Crippen LogP contribution in [0.25, 0.3) is 0 Å². The summed E-state index contributed by atoms with van der Waals surface area (Å²) >= 11 is 11.8. The molecule has 18 heavy (non-hydrogen) atoms. The van der Waals surface area contributed by atoms with Crippen LogP contribution >= 0.6 is 23.2 Å². The summed E-state index contributed by atoms with van der Waals surface area (Å²) in [6, 6.07) is 6.82. The molecule has 1 aromatic carbocycles. The second-order valence-electron chi connectivity index (χ2n) is 4.45. The number of halogens is 2. The van der Waals surface area contributed by atoms with Crippen LogP contribution in [0.2, 0.25) is 0 Å². The number of alkyl halides is 2. The molecule has 1 saturated carbocycles. The van der Waals surface area contributed by atoms with Crippen LogP contribution in [0.4, 0.5) is 0 Å². The van der Waals surface area contributed by atoms with E-state index in [0.717, 1.165) is 5.56 Å². The molecule has 5 heteroatoms. The highest BCUT2D eigenvalue weighted by atomic mass is 35.5. The maximum Gasteiger partial charge on any atom is 0.335 e. The van der Waals surface area contributed by atoms with E-state index in [4.69, 9.17) is 28.3 Å². The number of aromatic carboxylic acids is 1. The zero-order chi connectivity index (χ0) is 13.3. The minimum absolute atomic E-state index is 0.0878. The molecule has 1 unspecified atom stereocenters. The smallest absolute Gasteiger partial charge is 0.335 e. The lowest BCUT2D eigenvalue weighted by molar-refractivity contribution is -0.128. The number of Topliss-reactive ketones (excluding diaryl/α,β-unsaturated/α-hetero) is 1. The van der Waals surface area contributed by atoms with E-state index in [1.165, 1.54) is 0 Å². The lowest BCUT2D eigenvalue weighted by Crippen LogP contribution is -2.47. The van der Waals surface area contributed by atoms with Gasteiger partial charge < -0.3 is 5.11 Å².